The van der Waals surface area contributed by atoms with Gasteiger partial charge in [-0.25, -0.2) is 19.6 Å². The van der Waals surface area contributed by atoms with Crippen LogP contribution in [0.1, 0.15) is 20.8 Å². The zero-order chi connectivity index (χ0) is 12.1. The standard InChI is InChI=1S/C9H10N2O4S/c1-14-7(12)5-4-10-9(16-3)11-6(5)8(13)15-2/h4H,1-3H3. The maximum absolute atomic E-state index is 11.4. The van der Waals surface area contributed by atoms with Gasteiger partial charge in [-0.2, -0.15) is 0 Å². The molecule has 0 aliphatic heterocycles. The lowest BCUT2D eigenvalue weighted by Crippen LogP contribution is -2.15. The average molecular weight is 242 g/mol. The topological polar surface area (TPSA) is 78.4 Å². The Bertz CT molecular complexity index is 422. The van der Waals surface area contributed by atoms with Crippen molar-refractivity contribution in [2.45, 2.75) is 5.16 Å². The molecular formula is C9H10N2O4S. The van der Waals surface area contributed by atoms with Crippen molar-refractivity contribution in [3.8, 4) is 0 Å². The summed E-state index contributed by atoms with van der Waals surface area (Å²) in [5.41, 5.74) is -0.0964. The van der Waals surface area contributed by atoms with Gasteiger partial charge in [0.05, 0.1) is 14.2 Å². The van der Waals surface area contributed by atoms with Gasteiger partial charge in [-0.1, -0.05) is 11.8 Å². The summed E-state index contributed by atoms with van der Waals surface area (Å²) in [4.78, 5) is 30.5. The first kappa shape index (κ1) is 12.4. The van der Waals surface area contributed by atoms with E-state index < -0.39 is 11.9 Å². The predicted octanol–water partition coefficient (Wildman–Crippen LogP) is 0.772. The molecule has 0 bridgehead atoms. The molecule has 0 spiro atoms. The van der Waals surface area contributed by atoms with Gasteiger partial charge in [0.15, 0.2) is 10.9 Å². The molecule has 0 unspecified atom stereocenters. The number of rotatable bonds is 3. The molecule has 0 aromatic carbocycles. The van der Waals surface area contributed by atoms with E-state index in [2.05, 4.69) is 19.4 Å². The number of aromatic nitrogens is 2. The lowest BCUT2D eigenvalue weighted by molar-refractivity contribution is 0.0548. The van der Waals surface area contributed by atoms with E-state index >= 15 is 0 Å². The molecule has 0 N–H and O–H groups in total. The van der Waals surface area contributed by atoms with Gasteiger partial charge in [0.25, 0.3) is 0 Å². The lowest BCUT2D eigenvalue weighted by Gasteiger charge is -2.05. The van der Waals surface area contributed by atoms with Crippen LogP contribution in [0, 0.1) is 0 Å². The molecule has 1 aromatic heterocycles. The quantitative estimate of drug-likeness (QED) is 0.440. The predicted molar refractivity (Wildman–Crippen MR) is 56.5 cm³/mol. The molecule has 1 heterocycles. The summed E-state index contributed by atoms with van der Waals surface area (Å²) < 4.78 is 9.04. The molecule has 0 radical (unpaired) electrons. The highest BCUT2D eigenvalue weighted by Crippen LogP contribution is 2.13. The first-order valence-electron chi connectivity index (χ1n) is 4.21. The number of esters is 2. The molecule has 0 amide bonds. The number of hydrogen-bond acceptors (Lipinski definition) is 7. The van der Waals surface area contributed by atoms with Crippen LogP contribution in [-0.2, 0) is 9.47 Å². The third kappa shape index (κ3) is 2.48. The van der Waals surface area contributed by atoms with Crippen LogP contribution in [0.25, 0.3) is 0 Å². The van der Waals surface area contributed by atoms with Gasteiger partial charge < -0.3 is 9.47 Å². The maximum atomic E-state index is 11.4. The SMILES string of the molecule is COC(=O)c1cnc(SC)nc1C(=O)OC. The first-order valence-corrected chi connectivity index (χ1v) is 5.44. The zero-order valence-corrected chi connectivity index (χ0v) is 9.83. The van der Waals surface area contributed by atoms with Crippen molar-refractivity contribution in [2.75, 3.05) is 20.5 Å². The van der Waals surface area contributed by atoms with E-state index in [1.54, 1.807) is 6.26 Å². The van der Waals surface area contributed by atoms with Crippen molar-refractivity contribution in [2.24, 2.45) is 0 Å². The molecule has 0 aliphatic carbocycles. The van der Waals surface area contributed by atoms with E-state index in [1.807, 2.05) is 0 Å². The molecular weight excluding hydrogens is 232 g/mol. The Morgan fingerprint density at radius 2 is 1.88 bits per heavy atom. The van der Waals surface area contributed by atoms with E-state index in [-0.39, 0.29) is 11.3 Å². The van der Waals surface area contributed by atoms with Crippen molar-refractivity contribution in [3.05, 3.63) is 17.5 Å². The summed E-state index contributed by atoms with van der Waals surface area (Å²) in [6.45, 7) is 0. The molecule has 0 atom stereocenters. The number of thioether (sulfide) groups is 1. The molecule has 7 heteroatoms. The van der Waals surface area contributed by atoms with Crippen molar-refractivity contribution in [1.82, 2.24) is 9.97 Å². The van der Waals surface area contributed by atoms with Crippen molar-refractivity contribution in [3.63, 3.8) is 0 Å². The summed E-state index contributed by atoms with van der Waals surface area (Å²) in [5.74, 6) is -1.37. The third-order valence-corrected chi connectivity index (χ3v) is 2.30. The number of hydrogen-bond donors (Lipinski definition) is 0. The Morgan fingerprint density at radius 1 is 1.25 bits per heavy atom. The maximum Gasteiger partial charge on any atom is 0.357 e. The number of nitrogens with zero attached hydrogens (tertiary/aromatic N) is 2. The van der Waals surface area contributed by atoms with Crippen LogP contribution in [0.5, 0.6) is 0 Å². The minimum atomic E-state index is -0.696. The smallest absolute Gasteiger partial charge is 0.357 e. The molecule has 6 nitrogen and oxygen atoms in total. The highest BCUT2D eigenvalue weighted by Gasteiger charge is 2.21. The van der Waals surface area contributed by atoms with Gasteiger partial charge in [-0.05, 0) is 6.26 Å². The fraction of sp³-hybridized carbons (Fsp3) is 0.333. The van der Waals surface area contributed by atoms with Gasteiger partial charge in [0.2, 0.25) is 0 Å². The molecule has 1 rings (SSSR count). The summed E-state index contributed by atoms with van der Waals surface area (Å²) in [6.07, 6.45) is 3.01. The second kappa shape index (κ2) is 5.45. The fourth-order valence-corrected chi connectivity index (χ4v) is 1.32. The summed E-state index contributed by atoms with van der Waals surface area (Å²) >= 11 is 1.26. The van der Waals surface area contributed by atoms with E-state index in [9.17, 15) is 9.59 Å². The van der Waals surface area contributed by atoms with E-state index in [4.69, 9.17) is 0 Å². The van der Waals surface area contributed by atoms with Crippen LogP contribution >= 0.6 is 11.8 Å². The molecule has 0 fully saturated rings. The van der Waals surface area contributed by atoms with E-state index in [1.165, 1.54) is 32.2 Å². The Labute approximate surface area is 96.4 Å². The first-order chi connectivity index (χ1) is 7.63. The average Bonchev–Trinajstić information content (AvgIpc) is 2.36. The Hall–Kier alpha value is -1.63. The summed E-state index contributed by atoms with van der Waals surface area (Å²) in [5, 5.41) is 0.382. The molecule has 0 saturated carbocycles. The Morgan fingerprint density at radius 3 is 2.38 bits per heavy atom. The van der Waals surface area contributed by atoms with Crippen LogP contribution < -0.4 is 0 Å². The number of carbonyl (C=O) groups is 2. The fourth-order valence-electron chi connectivity index (χ4n) is 0.976. The highest BCUT2D eigenvalue weighted by molar-refractivity contribution is 7.98. The van der Waals surface area contributed by atoms with Crippen LogP contribution in [0.15, 0.2) is 11.4 Å². The van der Waals surface area contributed by atoms with E-state index in [0.29, 0.717) is 5.16 Å². The third-order valence-electron chi connectivity index (χ3n) is 1.73. The molecule has 0 saturated heterocycles. The van der Waals surface area contributed by atoms with Crippen LogP contribution in [0.3, 0.4) is 0 Å². The van der Waals surface area contributed by atoms with Gasteiger partial charge in [-0.15, -0.1) is 0 Å². The van der Waals surface area contributed by atoms with Crippen LogP contribution in [0.2, 0.25) is 0 Å². The van der Waals surface area contributed by atoms with Crippen molar-refractivity contribution in [1.29, 1.82) is 0 Å². The van der Waals surface area contributed by atoms with Gasteiger partial charge in [0.1, 0.15) is 5.56 Å². The summed E-state index contributed by atoms with van der Waals surface area (Å²) in [7, 11) is 2.43. The number of methoxy groups -OCH3 is 2. The van der Waals surface area contributed by atoms with Gasteiger partial charge >= 0.3 is 11.9 Å². The molecule has 1 aromatic rings. The Kier molecular flexibility index (Phi) is 4.24. The highest BCUT2D eigenvalue weighted by atomic mass is 32.2. The van der Waals surface area contributed by atoms with Gasteiger partial charge in [-0.3, -0.25) is 0 Å². The largest absolute Gasteiger partial charge is 0.465 e. The van der Waals surface area contributed by atoms with Gasteiger partial charge in [0, 0.05) is 6.20 Å². The van der Waals surface area contributed by atoms with Crippen molar-refractivity contribution < 1.29 is 19.1 Å². The molecule has 0 aliphatic rings. The minimum Gasteiger partial charge on any atom is -0.465 e. The molecule has 86 valence electrons. The Balaban J connectivity index is 3.26. The summed E-state index contributed by atoms with van der Waals surface area (Å²) in [6, 6.07) is 0. The lowest BCUT2D eigenvalue weighted by atomic mass is 10.2. The van der Waals surface area contributed by atoms with Crippen LogP contribution in [-0.4, -0.2) is 42.4 Å². The second-order valence-electron chi connectivity index (χ2n) is 2.60. The zero-order valence-electron chi connectivity index (χ0n) is 9.01. The van der Waals surface area contributed by atoms with Crippen molar-refractivity contribution >= 4 is 23.7 Å². The minimum absolute atomic E-state index is 0.00727. The molecule has 16 heavy (non-hydrogen) atoms. The number of ether oxygens (including phenoxy) is 2. The monoisotopic (exact) mass is 242 g/mol. The number of carbonyl (C=O) groups excluding carboxylic acids is 2. The normalized spacial score (nSPS) is 9.69. The second-order valence-corrected chi connectivity index (χ2v) is 3.38. The van der Waals surface area contributed by atoms with E-state index in [0.717, 1.165) is 0 Å². The van der Waals surface area contributed by atoms with Crippen LogP contribution in [0.4, 0.5) is 0 Å².